The first kappa shape index (κ1) is 22.3. The number of esters is 1. The van der Waals surface area contributed by atoms with Crippen molar-refractivity contribution in [3.63, 3.8) is 0 Å². The Morgan fingerprint density at radius 2 is 1.83 bits per heavy atom. The minimum Gasteiger partial charge on any atom is -0.459 e. The average Bonchev–Trinajstić information content (AvgIpc) is 3.14. The second-order valence-electron chi connectivity index (χ2n) is 9.42. The Hall–Kier alpha value is -1.41. The van der Waals surface area contributed by atoms with E-state index in [9.17, 15) is 4.79 Å². The van der Waals surface area contributed by atoms with Crippen LogP contribution in [-0.2, 0) is 25.4 Å². The molecule has 3 rings (SSSR count). The van der Waals surface area contributed by atoms with Crippen LogP contribution >= 0.6 is 0 Å². The van der Waals surface area contributed by atoms with Gasteiger partial charge in [-0.15, -0.1) is 0 Å². The van der Waals surface area contributed by atoms with E-state index in [0.29, 0.717) is 19.4 Å². The highest BCUT2D eigenvalue weighted by Crippen LogP contribution is 2.38. The molecule has 160 valence electrons. The van der Waals surface area contributed by atoms with Crippen molar-refractivity contribution in [1.29, 1.82) is 0 Å². The number of hydrogen-bond acceptors (Lipinski definition) is 6. The van der Waals surface area contributed by atoms with Crippen LogP contribution in [0.25, 0.3) is 0 Å². The van der Waals surface area contributed by atoms with Crippen LogP contribution in [0.4, 0.5) is 0 Å². The second kappa shape index (κ2) is 8.76. The molecule has 0 amide bonds. The Labute approximate surface area is 175 Å². The predicted molar refractivity (Wildman–Crippen MR) is 114 cm³/mol. The van der Waals surface area contributed by atoms with Crippen molar-refractivity contribution in [3.8, 4) is 0 Å². The molecule has 2 fully saturated rings. The van der Waals surface area contributed by atoms with Gasteiger partial charge in [0.15, 0.2) is 0 Å². The van der Waals surface area contributed by atoms with Gasteiger partial charge in [0.05, 0.1) is 11.2 Å². The van der Waals surface area contributed by atoms with Crippen molar-refractivity contribution in [1.82, 2.24) is 5.32 Å². The fraction of sp³-hybridized carbons (Fsp3) is 0.682. The molecule has 2 atom stereocenters. The lowest BCUT2D eigenvalue weighted by molar-refractivity contribution is -0.153. The first-order chi connectivity index (χ1) is 13.6. The number of ether oxygens (including phenoxy) is 1. The van der Waals surface area contributed by atoms with Crippen LogP contribution in [0.3, 0.4) is 0 Å². The molecule has 29 heavy (non-hydrogen) atoms. The number of benzene rings is 1. The number of unbranched alkanes of at least 4 members (excludes halogenated alkanes) is 1. The van der Waals surface area contributed by atoms with E-state index in [2.05, 4.69) is 33.0 Å². The normalized spacial score (nSPS) is 27.9. The van der Waals surface area contributed by atoms with E-state index in [-0.39, 0.29) is 36.9 Å². The van der Waals surface area contributed by atoms with Crippen molar-refractivity contribution < 1.29 is 18.8 Å². The Morgan fingerprint density at radius 3 is 2.41 bits per heavy atom. The van der Waals surface area contributed by atoms with E-state index in [1.807, 2.05) is 30.3 Å². The molecule has 1 aromatic carbocycles. The average molecular weight is 402 g/mol. The van der Waals surface area contributed by atoms with Gasteiger partial charge >= 0.3 is 13.1 Å². The molecule has 1 aromatic rings. The lowest BCUT2D eigenvalue weighted by Gasteiger charge is -2.32. The third kappa shape index (κ3) is 5.20. The zero-order valence-electron chi connectivity index (χ0n) is 18.2. The van der Waals surface area contributed by atoms with E-state index < -0.39 is 5.54 Å². The van der Waals surface area contributed by atoms with Gasteiger partial charge in [-0.2, -0.15) is 0 Å². The van der Waals surface area contributed by atoms with Gasteiger partial charge in [-0.1, -0.05) is 43.2 Å². The standard InChI is InChI=1S/C22H35BN2O4/c1-20(2)21(3,4)29-23(28-20)13-9-8-12-22(14-18(24)15-25-22)19(26)27-16-17-10-6-5-7-11-17/h5-7,10-11,18,25H,8-9,12-16,24H2,1-4H3. The van der Waals surface area contributed by atoms with E-state index in [0.717, 1.165) is 24.7 Å². The van der Waals surface area contributed by atoms with Gasteiger partial charge in [-0.3, -0.25) is 4.79 Å². The van der Waals surface area contributed by atoms with Crippen LogP contribution in [0.1, 0.15) is 58.9 Å². The largest absolute Gasteiger partial charge is 0.459 e. The molecule has 2 aliphatic heterocycles. The number of carbonyl (C=O) groups is 1. The summed E-state index contributed by atoms with van der Waals surface area (Å²) < 4.78 is 17.8. The summed E-state index contributed by atoms with van der Waals surface area (Å²) in [7, 11) is -0.195. The highest BCUT2D eigenvalue weighted by atomic mass is 16.7. The minimum atomic E-state index is -0.690. The number of nitrogens with one attached hydrogen (secondary N) is 1. The summed E-state index contributed by atoms with van der Waals surface area (Å²) in [4.78, 5) is 12.9. The maximum Gasteiger partial charge on any atom is 0.457 e. The maximum atomic E-state index is 12.9. The van der Waals surface area contributed by atoms with Gasteiger partial charge in [0.25, 0.3) is 0 Å². The van der Waals surface area contributed by atoms with E-state index in [1.54, 1.807) is 0 Å². The van der Waals surface area contributed by atoms with E-state index in [1.165, 1.54) is 0 Å². The first-order valence-electron chi connectivity index (χ1n) is 10.7. The number of rotatable bonds is 8. The molecule has 0 spiro atoms. The van der Waals surface area contributed by atoms with Crippen molar-refractivity contribution in [3.05, 3.63) is 35.9 Å². The number of hydrogen-bond donors (Lipinski definition) is 2. The third-order valence-corrected chi connectivity index (χ3v) is 6.51. The topological polar surface area (TPSA) is 82.8 Å². The zero-order valence-corrected chi connectivity index (χ0v) is 18.2. The molecule has 2 aliphatic rings. The molecule has 0 aromatic heterocycles. The first-order valence-corrected chi connectivity index (χ1v) is 10.7. The SMILES string of the molecule is CC1(C)OB(CCCCC2(C(=O)OCc3ccccc3)CC(N)CN2)OC1(C)C. The molecule has 0 saturated carbocycles. The van der Waals surface area contributed by atoms with Gasteiger partial charge in [-0.25, -0.2) is 0 Å². The summed E-state index contributed by atoms with van der Waals surface area (Å²) in [6.45, 7) is 9.18. The fourth-order valence-electron chi connectivity index (χ4n) is 4.05. The molecule has 2 heterocycles. The second-order valence-corrected chi connectivity index (χ2v) is 9.42. The van der Waals surface area contributed by atoms with Crippen molar-refractivity contribution in [2.24, 2.45) is 5.73 Å². The Morgan fingerprint density at radius 1 is 1.17 bits per heavy atom. The summed E-state index contributed by atoms with van der Waals surface area (Å²) in [6, 6.07) is 9.72. The summed E-state index contributed by atoms with van der Waals surface area (Å²) in [5, 5.41) is 3.35. The predicted octanol–water partition coefficient (Wildman–Crippen LogP) is 3.05. The summed E-state index contributed by atoms with van der Waals surface area (Å²) >= 11 is 0. The molecule has 0 bridgehead atoms. The molecular formula is C22H35BN2O4. The minimum absolute atomic E-state index is 0.0256. The molecule has 0 radical (unpaired) electrons. The molecular weight excluding hydrogens is 367 g/mol. The number of carbonyl (C=O) groups excluding carboxylic acids is 1. The van der Waals surface area contributed by atoms with E-state index in [4.69, 9.17) is 19.8 Å². The third-order valence-electron chi connectivity index (χ3n) is 6.51. The number of nitrogens with two attached hydrogens (primary N) is 1. The van der Waals surface area contributed by atoms with Gasteiger partial charge in [0, 0.05) is 12.6 Å². The molecule has 2 saturated heterocycles. The Kier molecular flexibility index (Phi) is 6.73. The van der Waals surface area contributed by atoms with E-state index >= 15 is 0 Å². The van der Waals surface area contributed by atoms with Crippen LogP contribution in [0.5, 0.6) is 0 Å². The highest BCUT2D eigenvalue weighted by molar-refractivity contribution is 6.45. The van der Waals surface area contributed by atoms with Crippen LogP contribution in [0.15, 0.2) is 30.3 Å². The van der Waals surface area contributed by atoms with Gasteiger partial charge < -0.3 is 25.1 Å². The Bertz CT molecular complexity index is 681. The van der Waals surface area contributed by atoms with Crippen LogP contribution in [-0.4, -0.2) is 42.4 Å². The van der Waals surface area contributed by atoms with Crippen LogP contribution < -0.4 is 11.1 Å². The summed E-state index contributed by atoms with van der Waals surface area (Å²) in [6.07, 6.45) is 3.92. The van der Waals surface area contributed by atoms with Gasteiger partial charge in [0.1, 0.15) is 12.1 Å². The van der Waals surface area contributed by atoms with Gasteiger partial charge in [-0.05, 0) is 52.4 Å². The Balaban J connectivity index is 1.49. The zero-order chi connectivity index (χ0) is 21.1. The van der Waals surface area contributed by atoms with Crippen LogP contribution in [0, 0.1) is 0 Å². The molecule has 2 unspecified atom stereocenters. The molecule has 6 nitrogen and oxygen atoms in total. The molecule has 7 heteroatoms. The smallest absolute Gasteiger partial charge is 0.457 e. The van der Waals surface area contributed by atoms with Crippen LogP contribution in [0.2, 0.25) is 6.32 Å². The van der Waals surface area contributed by atoms with Crippen molar-refractivity contribution in [2.45, 2.75) is 89.1 Å². The van der Waals surface area contributed by atoms with Crippen molar-refractivity contribution >= 4 is 13.1 Å². The summed E-state index contributed by atoms with van der Waals surface area (Å²) in [5.74, 6) is -0.204. The quantitative estimate of drug-likeness (QED) is 0.395. The lowest BCUT2D eigenvalue weighted by atomic mass is 9.80. The lowest BCUT2D eigenvalue weighted by Crippen LogP contribution is -2.48. The fourth-order valence-corrected chi connectivity index (χ4v) is 4.05. The van der Waals surface area contributed by atoms with Gasteiger partial charge in [0.2, 0.25) is 0 Å². The molecule has 0 aliphatic carbocycles. The maximum absolute atomic E-state index is 12.9. The summed E-state index contributed by atoms with van der Waals surface area (Å²) in [5.41, 5.74) is 5.79. The highest BCUT2D eigenvalue weighted by Gasteiger charge is 2.50. The van der Waals surface area contributed by atoms with Crippen molar-refractivity contribution in [2.75, 3.05) is 6.54 Å². The molecule has 3 N–H and O–H groups in total. The monoisotopic (exact) mass is 402 g/mol.